The molecular formula is C12H12ClN3O2. The van der Waals surface area contributed by atoms with Crippen LogP contribution in [0.15, 0.2) is 30.5 Å². The number of carbonyl (C=O) groups excluding carboxylic acids is 1. The summed E-state index contributed by atoms with van der Waals surface area (Å²) in [6.07, 6.45) is 1.01. The molecule has 0 bridgehead atoms. The maximum atomic E-state index is 11.0. The summed E-state index contributed by atoms with van der Waals surface area (Å²) in [6.45, 7) is 1.66. The number of aliphatic hydroxyl groups is 1. The van der Waals surface area contributed by atoms with Crippen molar-refractivity contribution in [2.24, 2.45) is 5.73 Å². The van der Waals surface area contributed by atoms with E-state index in [2.05, 4.69) is 5.10 Å². The number of hydrogen-bond acceptors (Lipinski definition) is 3. The summed E-state index contributed by atoms with van der Waals surface area (Å²) in [5.41, 5.74) is 6.63. The van der Waals surface area contributed by atoms with Crippen LogP contribution in [-0.2, 0) is 0 Å². The molecule has 5 nitrogen and oxygen atoms in total. The molecule has 0 radical (unpaired) electrons. The van der Waals surface area contributed by atoms with Gasteiger partial charge in [-0.15, -0.1) is 0 Å². The number of aromatic nitrogens is 2. The third-order valence-corrected chi connectivity index (χ3v) is 2.85. The highest BCUT2D eigenvalue weighted by Crippen LogP contribution is 2.24. The molecule has 2 rings (SSSR count). The van der Waals surface area contributed by atoms with Crippen molar-refractivity contribution in [1.82, 2.24) is 9.78 Å². The van der Waals surface area contributed by atoms with E-state index in [-0.39, 0.29) is 5.69 Å². The first-order valence-corrected chi connectivity index (χ1v) is 5.70. The summed E-state index contributed by atoms with van der Waals surface area (Å²) >= 11 is 6.11. The average molecular weight is 266 g/mol. The molecule has 1 aromatic carbocycles. The molecule has 1 heterocycles. The first-order valence-electron chi connectivity index (χ1n) is 5.32. The van der Waals surface area contributed by atoms with E-state index in [9.17, 15) is 9.90 Å². The van der Waals surface area contributed by atoms with Gasteiger partial charge in [0.2, 0.25) is 0 Å². The van der Waals surface area contributed by atoms with E-state index in [1.165, 1.54) is 10.7 Å². The Kier molecular flexibility index (Phi) is 3.36. The number of rotatable bonds is 3. The second-order valence-electron chi connectivity index (χ2n) is 3.90. The first-order chi connectivity index (χ1) is 8.49. The smallest absolute Gasteiger partial charge is 0.269 e. The van der Waals surface area contributed by atoms with Gasteiger partial charge in [0, 0.05) is 6.20 Å². The van der Waals surface area contributed by atoms with E-state index in [0.717, 1.165) is 0 Å². The fourth-order valence-corrected chi connectivity index (χ4v) is 1.83. The third-order valence-electron chi connectivity index (χ3n) is 2.54. The molecule has 0 aliphatic rings. The van der Waals surface area contributed by atoms with Crippen molar-refractivity contribution in [3.05, 3.63) is 46.7 Å². The maximum Gasteiger partial charge on any atom is 0.269 e. The molecule has 1 unspecified atom stereocenters. The van der Waals surface area contributed by atoms with E-state index < -0.39 is 12.0 Å². The van der Waals surface area contributed by atoms with Crippen molar-refractivity contribution in [2.75, 3.05) is 0 Å². The van der Waals surface area contributed by atoms with Gasteiger partial charge in [0.25, 0.3) is 5.91 Å². The van der Waals surface area contributed by atoms with Crippen molar-refractivity contribution in [1.29, 1.82) is 0 Å². The predicted octanol–water partition coefficient (Wildman–Crippen LogP) is 1.68. The number of nitrogens with zero attached hydrogens (tertiary/aromatic N) is 2. The minimum Gasteiger partial charge on any atom is -0.389 e. The van der Waals surface area contributed by atoms with Crippen LogP contribution in [0.4, 0.5) is 0 Å². The van der Waals surface area contributed by atoms with Gasteiger partial charge in [0.15, 0.2) is 0 Å². The highest BCUT2D eigenvalue weighted by molar-refractivity contribution is 6.32. The van der Waals surface area contributed by atoms with Crippen LogP contribution < -0.4 is 5.73 Å². The molecule has 0 fully saturated rings. The van der Waals surface area contributed by atoms with Crippen molar-refractivity contribution in [3.8, 4) is 5.69 Å². The van der Waals surface area contributed by atoms with Gasteiger partial charge in [0.1, 0.15) is 5.69 Å². The third kappa shape index (κ3) is 2.37. The lowest BCUT2D eigenvalue weighted by atomic mass is 10.1. The van der Waals surface area contributed by atoms with Crippen LogP contribution in [-0.4, -0.2) is 20.8 Å². The van der Waals surface area contributed by atoms with E-state index in [1.54, 1.807) is 31.3 Å². The van der Waals surface area contributed by atoms with Gasteiger partial charge in [-0.3, -0.25) is 4.79 Å². The minimum absolute atomic E-state index is 0.172. The Hall–Kier alpha value is -1.85. The lowest BCUT2D eigenvalue weighted by Crippen LogP contribution is -2.12. The van der Waals surface area contributed by atoms with Gasteiger partial charge in [-0.05, 0) is 30.7 Å². The molecule has 18 heavy (non-hydrogen) atoms. The van der Waals surface area contributed by atoms with Gasteiger partial charge in [-0.2, -0.15) is 5.10 Å². The molecule has 0 aliphatic heterocycles. The Morgan fingerprint density at radius 1 is 1.50 bits per heavy atom. The highest BCUT2D eigenvalue weighted by atomic mass is 35.5. The summed E-state index contributed by atoms with van der Waals surface area (Å²) < 4.78 is 1.47. The normalized spacial score (nSPS) is 12.4. The number of primary amides is 1. The van der Waals surface area contributed by atoms with Crippen molar-refractivity contribution >= 4 is 17.5 Å². The van der Waals surface area contributed by atoms with Crippen molar-refractivity contribution in [3.63, 3.8) is 0 Å². The molecule has 0 spiro atoms. The van der Waals surface area contributed by atoms with E-state index in [4.69, 9.17) is 17.3 Å². The largest absolute Gasteiger partial charge is 0.389 e. The Balaban J connectivity index is 2.41. The Morgan fingerprint density at radius 2 is 2.22 bits per heavy atom. The zero-order valence-corrected chi connectivity index (χ0v) is 10.4. The van der Waals surface area contributed by atoms with Gasteiger partial charge >= 0.3 is 0 Å². The van der Waals surface area contributed by atoms with Gasteiger partial charge in [0.05, 0.1) is 16.8 Å². The second-order valence-corrected chi connectivity index (χ2v) is 4.30. The fraction of sp³-hybridized carbons (Fsp3) is 0.167. The van der Waals surface area contributed by atoms with Crippen molar-refractivity contribution < 1.29 is 9.90 Å². The second kappa shape index (κ2) is 4.80. The SMILES string of the molecule is CC(O)c1ccc(-n2ccc(C(N)=O)n2)c(Cl)c1. The van der Waals surface area contributed by atoms with Crippen LogP contribution in [0.25, 0.3) is 5.69 Å². The van der Waals surface area contributed by atoms with Crippen LogP contribution in [0, 0.1) is 0 Å². The van der Waals surface area contributed by atoms with E-state index in [0.29, 0.717) is 16.3 Å². The zero-order valence-electron chi connectivity index (χ0n) is 9.67. The molecule has 94 valence electrons. The molecule has 2 aromatic rings. The standard InChI is InChI=1S/C12H12ClN3O2/c1-7(17)8-2-3-11(9(13)6-8)16-5-4-10(15-16)12(14)18/h2-7,17H,1H3,(H2,14,18). The average Bonchev–Trinajstić information content (AvgIpc) is 2.78. The van der Waals surface area contributed by atoms with Crippen LogP contribution in [0.1, 0.15) is 29.1 Å². The molecule has 1 aromatic heterocycles. The summed E-state index contributed by atoms with van der Waals surface area (Å²) in [6, 6.07) is 6.65. The number of benzene rings is 1. The first kappa shape index (κ1) is 12.6. The molecular weight excluding hydrogens is 254 g/mol. The van der Waals surface area contributed by atoms with Gasteiger partial charge in [-0.1, -0.05) is 17.7 Å². The minimum atomic E-state index is -0.592. The Bertz CT molecular complexity index is 593. The van der Waals surface area contributed by atoms with Crippen LogP contribution in [0.5, 0.6) is 0 Å². The summed E-state index contributed by atoms with van der Waals surface area (Å²) in [5.74, 6) is -0.592. The number of amides is 1. The topological polar surface area (TPSA) is 81.1 Å². The molecule has 0 aliphatic carbocycles. The lowest BCUT2D eigenvalue weighted by molar-refractivity contribution is 0.0995. The van der Waals surface area contributed by atoms with E-state index >= 15 is 0 Å². The Labute approximate surface area is 109 Å². The molecule has 0 saturated carbocycles. The van der Waals surface area contributed by atoms with Crippen LogP contribution >= 0.6 is 11.6 Å². The molecule has 6 heteroatoms. The van der Waals surface area contributed by atoms with Gasteiger partial charge in [-0.25, -0.2) is 4.68 Å². The quantitative estimate of drug-likeness (QED) is 0.886. The molecule has 1 atom stereocenters. The molecule has 1 amide bonds. The summed E-state index contributed by atoms with van der Waals surface area (Å²) in [5, 5.41) is 13.9. The summed E-state index contributed by atoms with van der Waals surface area (Å²) in [4.78, 5) is 11.0. The summed E-state index contributed by atoms with van der Waals surface area (Å²) in [7, 11) is 0. The fourth-order valence-electron chi connectivity index (χ4n) is 1.56. The number of halogens is 1. The highest BCUT2D eigenvalue weighted by Gasteiger charge is 2.10. The number of hydrogen-bond donors (Lipinski definition) is 2. The Morgan fingerprint density at radius 3 is 2.72 bits per heavy atom. The lowest BCUT2D eigenvalue weighted by Gasteiger charge is -2.09. The van der Waals surface area contributed by atoms with Crippen molar-refractivity contribution in [2.45, 2.75) is 13.0 Å². The number of aliphatic hydroxyl groups excluding tert-OH is 1. The predicted molar refractivity (Wildman–Crippen MR) is 67.7 cm³/mol. The number of carbonyl (C=O) groups is 1. The van der Waals surface area contributed by atoms with Crippen LogP contribution in [0.3, 0.4) is 0 Å². The van der Waals surface area contributed by atoms with Gasteiger partial charge < -0.3 is 10.8 Å². The maximum absolute atomic E-state index is 11.0. The monoisotopic (exact) mass is 265 g/mol. The zero-order chi connectivity index (χ0) is 13.3. The number of nitrogens with two attached hydrogens (primary N) is 1. The molecule has 0 saturated heterocycles. The van der Waals surface area contributed by atoms with E-state index in [1.807, 2.05) is 0 Å². The van der Waals surface area contributed by atoms with Crippen LogP contribution in [0.2, 0.25) is 5.02 Å². The molecule has 3 N–H and O–H groups in total.